The highest BCUT2D eigenvalue weighted by molar-refractivity contribution is 5.77. The molecule has 5 nitrogen and oxygen atoms in total. The largest absolute Gasteiger partial charge is 0.480 e. The number of carboxylic acids is 1. The second kappa shape index (κ2) is 7.11. The first-order valence-corrected chi connectivity index (χ1v) is 6.94. The molecule has 0 saturated heterocycles. The van der Waals surface area contributed by atoms with Gasteiger partial charge in [-0.15, -0.1) is 0 Å². The van der Waals surface area contributed by atoms with Crippen LogP contribution in [0.1, 0.15) is 33.3 Å². The Morgan fingerprint density at radius 1 is 1.24 bits per heavy atom. The van der Waals surface area contributed by atoms with Crippen LogP contribution in [0.5, 0.6) is 0 Å². The SMILES string of the molecule is C[C@H](Cc1ccccc1)N(CC(=O)O)C(=O)OC(C)(C)C. The van der Waals surface area contributed by atoms with Crippen LogP contribution in [0.25, 0.3) is 0 Å². The minimum absolute atomic E-state index is 0.265. The molecule has 1 N–H and O–H groups in total. The summed E-state index contributed by atoms with van der Waals surface area (Å²) in [4.78, 5) is 24.4. The van der Waals surface area contributed by atoms with Gasteiger partial charge < -0.3 is 9.84 Å². The number of nitrogens with zero attached hydrogens (tertiary/aromatic N) is 1. The van der Waals surface area contributed by atoms with Crippen LogP contribution in [0.15, 0.2) is 30.3 Å². The van der Waals surface area contributed by atoms with Crippen molar-refractivity contribution in [3.63, 3.8) is 0 Å². The van der Waals surface area contributed by atoms with Crippen molar-refractivity contribution in [2.24, 2.45) is 0 Å². The van der Waals surface area contributed by atoms with Gasteiger partial charge in [-0.1, -0.05) is 30.3 Å². The summed E-state index contributed by atoms with van der Waals surface area (Å²) in [5.41, 5.74) is 0.393. The third kappa shape index (κ3) is 6.29. The zero-order chi connectivity index (χ0) is 16.0. The molecule has 0 bridgehead atoms. The lowest BCUT2D eigenvalue weighted by Crippen LogP contribution is -2.45. The highest BCUT2D eigenvalue weighted by Crippen LogP contribution is 2.14. The highest BCUT2D eigenvalue weighted by atomic mass is 16.6. The quantitative estimate of drug-likeness (QED) is 0.906. The molecule has 0 saturated carbocycles. The number of carbonyl (C=O) groups is 2. The standard InChI is InChI=1S/C16H23NO4/c1-12(10-13-8-6-5-7-9-13)17(11-14(18)19)15(20)21-16(2,3)4/h5-9,12H,10-11H2,1-4H3,(H,18,19)/t12-/m1/s1. The van der Waals surface area contributed by atoms with Crippen LogP contribution in [-0.4, -0.2) is 40.3 Å². The fraction of sp³-hybridized carbons (Fsp3) is 0.500. The van der Waals surface area contributed by atoms with Crippen LogP contribution >= 0.6 is 0 Å². The number of aliphatic carboxylic acids is 1. The van der Waals surface area contributed by atoms with Crippen LogP contribution in [0.3, 0.4) is 0 Å². The smallest absolute Gasteiger partial charge is 0.411 e. The number of ether oxygens (including phenoxy) is 1. The maximum absolute atomic E-state index is 12.2. The Morgan fingerprint density at radius 3 is 2.29 bits per heavy atom. The Bertz CT molecular complexity index is 479. The van der Waals surface area contributed by atoms with Gasteiger partial charge in [0.1, 0.15) is 12.1 Å². The normalized spacial score (nSPS) is 12.6. The Morgan fingerprint density at radius 2 is 1.81 bits per heavy atom. The van der Waals surface area contributed by atoms with E-state index in [2.05, 4.69) is 0 Å². The van der Waals surface area contributed by atoms with Crippen LogP contribution in [-0.2, 0) is 16.0 Å². The van der Waals surface area contributed by atoms with Crippen molar-refractivity contribution in [1.29, 1.82) is 0 Å². The van der Waals surface area contributed by atoms with Crippen molar-refractivity contribution in [2.45, 2.75) is 45.8 Å². The van der Waals surface area contributed by atoms with E-state index in [1.807, 2.05) is 37.3 Å². The van der Waals surface area contributed by atoms with E-state index in [0.29, 0.717) is 6.42 Å². The average molecular weight is 293 g/mol. The van der Waals surface area contributed by atoms with Crippen LogP contribution in [0.2, 0.25) is 0 Å². The number of amides is 1. The number of carboxylic acid groups (broad SMARTS) is 1. The molecule has 0 unspecified atom stereocenters. The summed E-state index contributed by atoms with van der Waals surface area (Å²) < 4.78 is 5.28. The van der Waals surface area contributed by atoms with Gasteiger partial charge in [0.25, 0.3) is 0 Å². The second-order valence-electron chi connectivity index (χ2n) is 6.04. The first-order chi connectivity index (χ1) is 9.69. The van der Waals surface area contributed by atoms with Gasteiger partial charge in [-0.25, -0.2) is 4.79 Å². The van der Waals surface area contributed by atoms with Gasteiger partial charge in [-0.2, -0.15) is 0 Å². The van der Waals surface area contributed by atoms with Gasteiger partial charge in [0.2, 0.25) is 0 Å². The molecule has 0 aliphatic rings. The van der Waals surface area contributed by atoms with Gasteiger partial charge in [-0.3, -0.25) is 9.69 Å². The lowest BCUT2D eigenvalue weighted by molar-refractivity contribution is -0.138. The maximum atomic E-state index is 12.2. The van der Waals surface area contributed by atoms with Crippen LogP contribution < -0.4 is 0 Å². The highest BCUT2D eigenvalue weighted by Gasteiger charge is 2.27. The van der Waals surface area contributed by atoms with Gasteiger partial charge in [0.05, 0.1) is 0 Å². The average Bonchev–Trinajstić information content (AvgIpc) is 2.34. The van der Waals surface area contributed by atoms with E-state index in [4.69, 9.17) is 9.84 Å². The second-order valence-corrected chi connectivity index (χ2v) is 6.04. The molecule has 0 aliphatic heterocycles. The molecule has 1 aromatic carbocycles. The van der Waals surface area contributed by atoms with E-state index in [1.54, 1.807) is 20.8 Å². The topological polar surface area (TPSA) is 66.8 Å². The molecular weight excluding hydrogens is 270 g/mol. The molecule has 0 radical (unpaired) electrons. The Kier molecular flexibility index (Phi) is 5.76. The number of benzene rings is 1. The fourth-order valence-corrected chi connectivity index (χ4v) is 1.93. The van der Waals surface area contributed by atoms with Crippen LogP contribution in [0, 0.1) is 0 Å². The predicted octanol–water partition coefficient (Wildman–Crippen LogP) is 2.94. The summed E-state index contributed by atoms with van der Waals surface area (Å²) in [5, 5.41) is 9.00. The van der Waals surface area contributed by atoms with E-state index in [1.165, 1.54) is 4.90 Å². The monoisotopic (exact) mass is 293 g/mol. The van der Waals surface area contributed by atoms with Crippen molar-refractivity contribution >= 4 is 12.1 Å². The lowest BCUT2D eigenvalue weighted by Gasteiger charge is -2.30. The number of hydrogen-bond donors (Lipinski definition) is 1. The Labute approximate surface area is 125 Å². The lowest BCUT2D eigenvalue weighted by atomic mass is 10.1. The van der Waals surface area contributed by atoms with Crippen molar-refractivity contribution in [1.82, 2.24) is 4.90 Å². The summed E-state index contributed by atoms with van der Waals surface area (Å²) in [6, 6.07) is 9.37. The van der Waals surface area contributed by atoms with Crippen LogP contribution in [0.4, 0.5) is 4.79 Å². The number of hydrogen-bond acceptors (Lipinski definition) is 3. The first kappa shape index (κ1) is 17.0. The third-order valence-electron chi connectivity index (χ3n) is 2.84. The molecule has 1 amide bonds. The van der Waals surface area contributed by atoms with Crippen molar-refractivity contribution in [3.05, 3.63) is 35.9 Å². The van der Waals surface area contributed by atoms with Gasteiger partial charge in [-0.05, 0) is 39.7 Å². The first-order valence-electron chi connectivity index (χ1n) is 6.94. The molecule has 0 aromatic heterocycles. The molecule has 1 atom stereocenters. The zero-order valence-electron chi connectivity index (χ0n) is 13.0. The van der Waals surface area contributed by atoms with E-state index in [9.17, 15) is 9.59 Å². The molecule has 0 spiro atoms. The molecule has 5 heteroatoms. The molecule has 116 valence electrons. The number of carbonyl (C=O) groups excluding carboxylic acids is 1. The third-order valence-corrected chi connectivity index (χ3v) is 2.84. The zero-order valence-corrected chi connectivity index (χ0v) is 13.0. The van der Waals surface area contributed by atoms with E-state index in [0.717, 1.165) is 5.56 Å². The maximum Gasteiger partial charge on any atom is 0.411 e. The molecule has 0 fully saturated rings. The molecule has 0 aliphatic carbocycles. The minimum Gasteiger partial charge on any atom is -0.480 e. The summed E-state index contributed by atoms with van der Waals surface area (Å²) in [6.45, 7) is 6.71. The Hall–Kier alpha value is -2.04. The molecule has 0 heterocycles. The molecule has 1 aromatic rings. The Balaban J connectivity index is 2.81. The van der Waals surface area contributed by atoms with E-state index in [-0.39, 0.29) is 12.6 Å². The van der Waals surface area contributed by atoms with E-state index >= 15 is 0 Å². The summed E-state index contributed by atoms with van der Waals surface area (Å²) in [7, 11) is 0. The van der Waals surface area contributed by atoms with Crippen molar-refractivity contribution in [2.75, 3.05) is 6.54 Å². The number of rotatable bonds is 5. The molecule has 1 rings (SSSR count). The van der Waals surface area contributed by atoms with Gasteiger partial charge in [0, 0.05) is 6.04 Å². The molecular formula is C16H23NO4. The minimum atomic E-state index is -1.05. The van der Waals surface area contributed by atoms with Gasteiger partial charge >= 0.3 is 12.1 Å². The van der Waals surface area contributed by atoms with Crippen molar-refractivity contribution in [3.8, 4) is 0 Å². The van der Waals surface area contributed by atoms with Crippen molar-refractivity contribution < 1.29 is 19.4 Å². The van der Waals surface area contributed by atoms with E-state index < -0.39 is 17.7 Å². The fourth-order valence-electron chi connectivity index (χ4n) is 1.93. The predicted molar refractivity (Wildman–Crippen MR) is 80.2 cm³/mol. The summed E-state index contributed by atoms with van der Waals surface area (Å²) in [6.07, 6.45) is -0.0266. The summed E-state index contributed by atoms with van der Waals surface area (Å²) >= 11 is 0. The van der Waals surface area contributed by atoms with Gasteiger partial charge in [0.15, 0.2) is 0 Å². The summed E-state index contributed by atoms with van der Waals surface area (Å²) in [5.74, 6) is -1.05. The molecule has 21 heavy (non-hydrogen) atoms.